The minimum Gasteiger partial charge on any atom is -0.375 e. The summed E-state index contributed by atoms with van der Waals surface area (Å²) in [7, 11) is 0. The third-order valence-electron chi connectivity index (χ3n) is 4.31. The molecular formula is C21H24N4OS. The molecule has 27 heavy (non-hydrogen) atoms. The van der Waals surface area contributed by atoms with Crippen molar-refractivity contribution < 1.29 is 4.79 Å². The number of nitrogens with one attached hydrogen (secondary N) is 2. The highest BCUT2D eigenvalue weighted by Crippen LogP contribution is 2.14. The molecule has 1 unspecified atom stereocenters. The van der Waals surface area contributed by atoms with Gasteiger partial charge in [0.05, 0.1) is 12.1 Å². The summed E-state index contributed by atoms with van der Waals surface area (Å²) in [5.74, 6) is -0.0913. The van der Waals surface area contributed by atoms with Gasteiger partial charge in [-0.05, 0) is 43.1 Å². The summed E-state index contributed by atoms with van der Waals surface area (Å²) in [6.45, 7) is 3.07. The lowest BCUT2D eigenvalue weighted by molar-refractivity contribution is -0.115. The lowest BCUT2D eigenvalue weighted by atomic mass is 10.1. The average Bonchev–Trinajstić information content (AvgIpc) is 3.08. The summed E-state index contributed by atoms with van der Waals surface area (Å²) in [6.07, 6.45) is 1.17. The Bertz CT molecular complexity index is 861. The molecule has 0 saturated heterocycles. The summed E-state index contributed by atoms with van der Waals surface area (Å²) in [5, 5.41) is 8.72. The average molecular weight is 381 g/mol. The number of hydrogen-bond acceptors (Lipinski definition) is 5. The Morgan fingerprint density at radius 1 is 1.15 bits per heavy atom. The van der Waals surface area contributed by atoms with Crippen LogP contribution in [0.3, 0.4) is 0 Å². The maximum absolute atomic E-state index is 12.1. The maximum atomic E-state index is 12.1. The molecule has 1 heterocycles. The Hall–Kier alpha value is -2.70. The van der Waals surface area contributed by atoms with Crippen LogP contribution in [-0.2, 0) is 17.6 Å². The van der Waals surface area contributed by atoms with Crippen molar-refractivity contribution >= 4 is 28.1 Å². The van der Waals surface area contributed by atoms with Gasteiger partial charge >= 0.3 is 0 Å². The zero-order valence-corrected chi connectivity index (χ0v) is 16.1. The van der Waals surface area contributed by atoms with E-state index in [9.17, 15) is 4.79 Å². The normalized spacial score (nSPS) is 11.9. The molecule has 3 rings (SSSR count). The van der Waals surface area contributed by atoms with Gasteiger partial charge in [0.2, 0.25) is 5.91 Å². The number of amides is 1. The predicted octanol–water partition coefficient (Wildman–Crippen LogP) is 3.80. The molecule has 0 fully saturated rings. The van der Waals surface area contributed by atoms with Crippen LogP contribution in [-0.4, -0.2) is 17.4 Å². The van der Waals surface area contributed by atoms with Gasteiger partial charge in [-0.1, -0.05) is 42.5 Å². The fourth-order valence-corrected chi connectivity index (χ4v) is 3.38. The second-order valence-corrected chi connectivity index (χ2v) is 7.33. The summed E-state index contributed by atoms with van der Waals surface area (Å²) >= 11 is 1.34. The number of nitrogen functional groups attached to an aromatic ring is 1. The van der Waals surface area contributed by atoms with E-state index in [4.69, 9.17) is 5.73 Å². The molecule has 4 N–H and O–H groups in total. The van der Waals surface area contributed by atoms with Gasteiger partial charge < -0.3 is 16.4 Å². The molecule has 0 spiro atoms. The van der Waals surface area contributed by atoms with Crippen molar-refractivity contribution in [1.82, 2.24) is 10.3 Å². The van der Waals surface area contributed by atoms with E-state index < -0.39 is 0 Å². The maximum Gasteiger partial charge on any atom is 0.230 e. The molecule has 6 heteroatoms. The first kappa shape index (κ1) is 19.1. The van der Waals surface area contributed by atoms with E-state index in [0.717, 1.165) is 18.7 Å². The number of carbonyl (C=O) groups excluding carboxylic acids is 1. The molecule has 140 valence electrons. The highest BCUT2D eigenvalue weighted by Gasteiger charge is 2.07. The Labute approximate surface area is 163 Å². The molecule has 1 aromatic heterocycles. The van der Waals surface area contributed by atoms with Crippen molar-refractivity contribution in [2.24, 2.45) is 0 Å². The summed E-state index contributed by atoms with van der Waals surface area (Å²) < 4.78 is 0. The quantitative estimate of drug-likeness (QED) is 0.555. The smallest absolute Gasteiger partial charge is 0.230 e. The highest BCUT2D eigenvalue weighted by molar-refractivity contribution is 7.13. The molecule has 3 aromatic rings. The van der Waals surface area contributed by atoms with Gasteiger partial charge in [0.1, 0.15) is 0 Å². The second kappa shape index (κ2) is 9.30. The monoisotopic (exact) mass is 380 g/mol. The fourth-order valence-electron chi connectivity index (χ4n) is 2.82. The van der Waals surface area contributed by atoms with Gasteiger partial charge in [0, 0.05) is 17.1 Å². The lowest BCUT2D eigenvalue weighted by Crippen LogP contribution is -2.21. The van der Waals surface area contributed by atoms with Crippen LogP contribution in [0.2, 0.25) is 0 Å². The Morgan fingerprint density at radius 2 is 1.89 bits per heavy atom. The summed E-state index contributed by atoms with van der Waals surface area (Å²) in [4.78, 5) is 16.2. The van der Waals surface area contributed by atoms with E-state index in [1.807, 2.05) is 30.3 Å². The first-order valence-electron chi connectivity index (χ1n) is 8.97. The van der Waals surface area contributed by atoms with Gasteiger partial charge in [-0.2, -0.15) is 0 Å². The topological polar surface area (TPSA) is 80.0 Å². The molecule has 2 aromatic carbocycles. The van der Waals surface area contributed by atoms with Crippen molar-refractivity contribution in [2.45, 2.75) is 25.8 Å². The largest absolute Gasteiger partial charge is 0.375 e. The van der Waals surface area contributed by atoms with E-state index in [-0.39, 0.29) is 12.3 Å². The van der Waals surface area contributed by atoms with E-state index in [2.05, 4.69) is 46.8 Å². The molecule has 1 amide bonds. The SMILES string of the molecule is CC(NCCc1ccc(NC(=O)Cc2csc(N)n2)cc1)c1ccccc1. The molecular weight excluding hydrogens is 356 g/mol. The number of nitrogens with two attached hydrogens (primary N) is 1. The van der Waals surface area contributed by atoms with Crippen molar-refractivity contribution in [3.05, 3.63) is 76.8 Å². The zero-order valence-electron chi connectivity index (χ0n) is 15.3. The van der Waals surface area contributed by atoms with E-state index >= 15 is 0 Å². The van der Waals surface area contributed by atoms with Crippen molar-refractivity contribution in [3.63, 3.8) is 0 Å². The van der Waals surface area contributed by atoms with Crippen LogP contribution in [0.25, 0.3) is 0 Å². The van der Waals surface area contributed by atoms with Gasteiger partial charge in [-0.3, -0.25) is 4.79 Å². The zero-order chi connectivity index (χ0) is 19.1. The number of hydrogen-bond donors (Lipinski definition) is 3. The Kier molecular flexibility index (Phi) is 6.57. The molecule has 0 aliphatic heterocycles. The van der Waals surface area contributed by atoms with Crippen LogP contribution in [0.1, 0.15) is 29.8 Å². The van der Waals surface area contributed by atoms with Crippen LogP contribution >= 0.6 is 11.3 Å². The van der Waals surface area contributed by atoms with Crippen molar-refractivity contribution in [2.75, 3.05) is 17.6 Å². The number of aromatic nitrogens is 1. The minimum atomic E-state index is -0.0913. The van der Waals surface area contributed by atoms with Crippen molar-refractivity contribution in [3.8, 4) is 0 Å². The minimum absolute atomic E-state index is 0.0913. The standard InChI is InChI=1S/C21H24N4OS/c1-15(17-5-3-2-4-6-17)23-12-11-16-7-9-18(10-8-16)24-20(26)13-19-14-27-21(22)25-19/h2-10,14-15,23H,11-13H2,1H3,(H2,22,25)(H,24,26). The van der Waals surface area contributed by atoms with Crippen LogP contribution in [0.15, 0.2) is 60.0 Å². The van der Waals surface area contributed by atoms with E-state index in [1.165, 1.54) is 22.5 Å². The van der Waals surface area contributed by atoms with Gasteiger partial charge in [-0.15, -0.1) is 11.3 Å². The van der Waals surface area contributed by atoms with Crippen LogP contribution in [0.4, 0.5) is 10.8 Å². The third-order valence-corrected chi connectivity index (χ3v) is 5.04. The lowest BCUT2D eigenvalue weighted by Gasteiger charge is -2.14. The van der Waals surface area contributed by atoms with Gasteiger partial charge in [-0.25, -0.2) is 4.98 Å². The van der Waals surface area contributed by atoms with Crippen LogP contribution in [0, 0.1) is 0 Å². The number of carbonyl (C=O) groups is 1. The molecule has 0 bridgehead atoms. The first-order chi connectivity index (χ1) is 13.1. The second-order valence-electron chi connectivity index (χ2n) is 6.44. The van der Waals surface area contributed by atoms with Gasteiger partial charge in [0.25, 0.3) is 0 Å². The summed E-state index contributed by atoms with van der Waals surface area (Å²) in [6, 6.07) is 18.7. The van der Waals surface area contributed by atoms with Crippen molar-refractivity contribution in [1.29, 1.82) is 0 Å². The van der Waals surface area contributed by atoms with Crippen LogP contribution < -0.4 is 16.4 Å². The highest BCUT2D eigenvalue weighted by atomic mass is 32.1. The first-order valence-corrected chi connectivity index (χ1v) is 9.85. The van der Waals surface area contributed by atoms with Gasteiger partial charge in [0.15, 0.2) is 5.13 Å². The predicted molar refractivity (Wildman–Crippen MR) is 112 cm³/mol. The Balaban J connectivity index is 1.43. The molecule has 0 aliphatic rings. The number of nitrogens with zero attached hydrogens (tertiary/aromatic N) is 1. The molecule has 0 radical (unpaired) electrons. The molecule has 5 nitrogen and oxygen atoms in total. The molecule has 0 aliphatic carbocycles. The molecule has 1 atom stereocenters. The number of benzene rings is 2. The fraction of sp³-hybridized carbons (Fsp3) is 0.238. The van der Waals surface area contributed by atoms with Crippen LogP contribution in [0.5, 0.6) is 0 Å². The Morgan fingerprint density at radius 3 is 2.56 bits per heavy atom. The number of thiazole rings is 1. The van der Waals surface area contributed by atoms with E-state index in [0.29, 0.717) is 16.9 Å². The molecule has 0 saturated carbocycles. The third kappa shape index (κ3) is 5.91. The van der Waals surface area contributed by atoms with E-state index in [1.54, 1.807) is 5.38 Å². The number of rotatable bonds is 8. The summed E-state index contributed by atoms with van der Waals surface area (Å²) in [5.41, 5.74) is 9.59. The number of anilines is 2.